The van der Waals surface area contributed by atoms with Crippen LogP contribution >= 0.6 is 0 Å². The van der Waals surface area contributed by atoms with Crippen LogP contribution in [0.2, 0.25) is 0 Å². The number of amides is 1. The van der Waals surface area contributed by atoms with Gasteiger partial charge in [0.25, 0.3) is 0 Å². The van der Waals surface area contributed by atoms with Gasteiger partial charge in [-0.2, -0.15) is 4.98 Å². The van der Waals surface area contributed by atoms with Crippen LogP contribution in [-0.2, 0) is 14.8 Å². The lowest BCUT2D eigenvalue weighted by atomic mass is 10.1. The molecule has 1 aromatic heterocycles. The Morgan fingerprint density at radius 3 is 2.36 bits per heavy atom. The highest BCUT2D eigenvalue weighted by Crippen LogP contribution is 2.40. The maximum Gasteiger partial charge on any atom is 0.232 e. The zero-order valence-electron chi connectivity index (χ0n) is 22.2. The number of hydrogen-bond donors (Lipinski definition) is 3. The SMILES string of the molecule is COc1cc(Nc2ncc(F)c(Nc3cccc(C)c3N(CCCNC=O)S(C)(=O)=O)n2)cc(OC)c1OC. The molecule has 3 rings (SSSR count). The second kappa shape index (κ2) is 13.0. The number of para-hydroxylation sites is 1. The minimum Gasteiger partial charge on any atom is -0.493 e. The zero-order valence-corrected chi connectivity index (χ0v) is 23.1. The summed E-state index contributed by atoms with van der Waals surface area (Å²) in [4.78, 5) is 18.8. The van der Waals surface area contributed by atoms with Gasteiger partial charge in [0.1, 0.15) is 0 Å². The van der Waals surface area contributed by atoms with Crippen LogP contribution < -0.4 is 34.5 Å². The van der Waals surface area contributed by atoms with Crippen molar-refractivity contribution in [3.63, 3.8) is 0 Å². The molecule has 3 aromatic rings. The van der Waals surface area contributed by atoms with Gasteiger partial charge < -0.3 is 30.2 Å². The third-order valence-corrected chi connectivity index (χ3v) is 6.74. The van der Waals surface area contributed by atoms with E-state index in [-0.39, 0.29) is 18.3 Å². The number of aryl methyl sites for hydroxylation is 1. The first kappa shape index (κ1) is 29.2. The summed E-state index contributed by atoms with van der Waals surface area (Å²) >= 11 is 0. The molecule has 12 nitrogen and oxygen atoms in total. The van der Waals surface area contributed by atoms with Crippen molar-refractivity contribution in [3.8, 4) is 17.2 Å². The topological polar surface area (TPSA) is 144 Å². The van der Waals surface area contributed by atoms with Gasteiger partial charge in [0.2, 0.25) is 28.1 Å². The van der Waals surface area contributed by atoms with Crippen LogP contribution in [0.25, 0.3) is 0 Å². The maximum absolute atomic E-state index is 14.8. The molecule has 14 heteroatoms. The van der Waals surface area contributed by atoms with Crippen molar-refractivity contribution >= 4 is 45.3 Å². The number of hydrogen-bond acceptors (Lipinski definition) is 10. The molecule has 0 atom stereocenters. The molecule has 0 saturated heterocycles. The Hall–Kier alpha value is -4.33. The Balaban J connectivity index is 1.96. The zero-order chi connectivity index (χ0) is 28.6. The standard InChI is InChI=1S/C25H31FN6O6S/c1-16-8-6-9-19(22(16)32(39(5,34)35)11-7-10-27-15-33)30-24-18(26)14-28-25(31-24)29-17-12-20(36-2)23(38-4)21(13-17)37-3/h6,8-9,12-15H,7,10-11H2,1-5H3,(H,27,33)(H2,28,29,30,31). The van der Waals surface area contributed by atoms with Crippen molar-refractivity contribution < 1.29 is 31.8 Å². The number of aromatic nitrogens is 2. The molecule has 1 amide bonds. The molecular formula is C25H31FN6O6S. The first-order valence-corrected chi connectivity index (χ1v) is 13.6. The number of benzene rings is 2. The Bertz CT molecular complexity index is 1400. The average Bonchev–Trinajstić information content (AvgIpc) is 2.90. The number of methoxy groups -OCH3 is 3. The first-order valence-electron chi connectivity index (χ1n) is 11.7. The summed E-state index contributed by atoms with van der Waals surface area (Å²) in [6.07, 6.45) is 2.99. The van der Waals surface area contributed by atoms with Gasteiger partial charge >= 0.3 is 0 Å². The molecule has 0 spiro atoms. The molecule has 0 unspecified atom stereocenters. The van der Waals surface area contributed by atoms with E-state index in [0.717, 1.165) is 12.5 Å². The first-order chi connectivity index (χ1) is 18.6. The van der Waals surface area contributed by atoms with Gasteiger partial charge in [0, 0.05) is 30.9 Å². The van der Waals surface area contributed by atoms with Gasteiger partial charge in [-0.05, 0) is 25.0 Å². The predicted molar refractivity (Wildman–Crippen MR) is 147 cm³/mol. The molecule has 1 heterocycles. The molecule has 0 aliphatic carbocycles. The number of carbonyl (C=O) groups excluding carboxylic acids is 1. The Morgan fingerprint density at radius 2 is 1.77 bits per heavy atom. The summed E-state index contributed by atoms with van der Waals surface area (Å²) in [5, 5.41) is 8.41. The van der Waals surface area contributed by atoms with Gasteiger partial charge in [0.15, 0.2) is 23.1 Å². The summed E-state index contributed by atoms with van der Waals surface area (Å²) < 4.78 is 57.5. The second-order valence-corrected chi connectivity index (χ2v) is 10.2. The van der Waals surface area contributed by atoms with Gasteiger partial charge in [-0.15, -0.1) is 0 Å². The van der Waals surface area contributed by atoms with Gasteiger partial charge in [-0.3, -0.25) is 9.10 Å². The number of carbonyl (C=O) groups is 1. The summed E-state index contributed by atoms with van der Waals surface area (Å²) in [6.45, 7) is 2.14. The van der Waals surface area contributed by atoms with Crippen molar-refractivity contribution in [2.75, 3.05) is 55.6 Å². The van der Waals surface area contributed by atoms with Crippen LogP contribution in [0, 0.1) is 12.7 Å². The number of nitrogens with zero attached hydrogens (tertiary/aromatic N) is 3. The Morgan fingerprint density at radius 1 is 1.08 bits per heavy atom. The van der Waals surface area contributed by atoms with E-state index in [4.69, 9.17) is 14.2 Å². The number of halogens is 1. The van der Waals surface area contributed by atoms with Crippen LogP contribution in [0.4, 0.5) is 33.2 Å². The van der Waals surface area contributed by atoms with E-state index in [1.165, 1.54) is 25.6 Å². The van der Waals surface area contributed by atoms with Crippen LogP contribution in [-0.4, -0.2) is 65.5 Å². The van der Waals surface area contributed by atoms with Crippen molar-refractivity contribution in [2.45, 2.75) is 13.3 Å². The lowest BCUT2D eigenvalue weighted by Crippen LogP contribution is -2.33. The van der Waals surface area contributed by atoms with Crippen LogP contribution in [0.3, 0.4) is 0 Å². The largest absolute Gasteiger partial charge is 0.493 e. The highest BCUT2D eigenvalue weighted by molar-refractivity contribution is 7.92. The fraction of sp³-hybridized carbons (Fsp3) is 0.320. The van der Waals surface area contributed by atoms with Crippen molar-refractivity contribution in [2.24, 2.45) is 0 Å². The molecule has 210 valence electrons. The molecule has 3 N–H and O–H groups in total. The summed E-state index contributed by atoms with van der Waals surface area (Å²) in [7, 11) is 0.734. The van der Waals surface area contributed by atoms with Crippen LogP contribution in [0.15, 0.2) is 36.5 Å². The van der Waals surface area contributed by atoms with E-state index in [9.17, 15) is 17.6 Å². The number of ether oxygens (including phenoxy) is 3. The normalized spacial score (nSPS) is 10.9. The molecule has 0 saturated carbocycles. The molecular weight excluding hydrogens is 531 g/mol. The highest BCUT2D eigenvalue weighted by Gasteiger charge is 2.23. The number of rotatable bonds is 14. The van der Waals surface area contributed by atoms with E-state index in [1.807, 2.05) is 0 Å². The molecule has 0 fully saturated rings. The Labute approximate surface area is 226 Å². The predicted octanol–water partition coefficient (Wildman–Crippen LogP) is 3.34. The third kappa shape index (κ3) is 7.16. The molecule has 0 bridgehead atoms. The summed E-state index contributed by atoms with van der Waals surface area (Å²) in [6, 6.07) is 8.37. The smallest absolute Gasteiger partial charge is 0.232 e. The quantitative estimate of drug-likeness (QED) is 0.198. The molecule has 0 aliphatic rings. The lowest BCUT2D eigenvalue weighted by molar-refractivity contribution is -0.109. The van der Waals surface area contributed by atoms with E-state index in [2.05, 4.69) is 25.9 Å². The third-order valence-electron chi connectivity index (χ3n) is 5.57. The summed E-state index contributed by atoms with van der Waals surface area (Å²) in [5.74, 6) is 0.322. The van der Waals surface area contributed by atoms with Gasteiger partial charge in [0.05, 0.1) is 45.2 Å². The average molecular weight is 563 g/mol. The fourth-order valence-corrected chi connectivity index (χ4v) is 4.88. The fourth-order valence-electron chi connectivity index (χ4n) is 3.84. The number of sulfonamides is 1. The minimum absolute atomic E-state index is 0.0577. The van der Waals surface area contributed by atoms with Crippen molar-refractivity contribution in [1.29, 1.82) is 0 Å². The Kier molecular flexibility index (Phi) is 9.71. The van der Waals surface area contributed by atoms with Gasteiger partial charge in [-0.25, -0.2) is 17.8 Å². The van der Waals surface area contributed by atoms with Gasteiger partial charge in [-0.1, -0.05) is 12.1 Å². The maximum atomic E-state index is 14.8. The second-order valence-electron chi connectivity index (χ2n) is 8.29. The van der Waals surface area contributed by atoms with E-state index < -0.39 is 15.8 Å². The molecule has 0 aliphatic heterocycles. The minimum atomic E-state index is -3.72. The molecule has 39 heavy (non-hydrogen) atoms. The van der Waals surface area contributed by atoms with E-state index in [1.54, 1.807) is 37.3 Å². The number of nitrogens with one attached hydrogen (secondary N) is 3. The van der Waals surface area contributed by atoms with Crippen LogP contribution in [0.1, 0.15) is 12.0 Å². The highest BCUT2D eigenvalue weighted by atomic mass is 32.2. The molecule has 0 radical (unpaired) electrons. The van der Waals surface area contributed by atoms with E-state index >= 15 is 0 Å². The lowest BCUT2D eigenvalue weighted by Gasteiger charge is -2.27. The van der Waals surface area contributed by atoms with Crippen molar-refractivity contribution in [1.82, 2.24) is 15.3 Å². The van der Waals surface area contributed by atoms with Crippen LogP contribution in [0.5, 0.6) is 17.2 Å². The molecule has 2 aromatic carbocycles. The summed E-state index contributed by atoms with van der Waals surface area (Å²) in [5.41, 5.74) is 1.79. The van der Waals surface area contributed by atoms with Crippen molar-refractivity contribution in [3.05, 3.63) is 47.9 Å². The monoisotopic (exact) mass is 562 g/mol. The van der Waals surface area contributed by atoms with E-state index in [0.29, 0.717) is 59.2 Å². The number of anilines is 5.